The van der Waals surface area contributed by atoms with Gasteiger partial charge < -0.3 is 14.8 Å². The lowest BCUT2D eigenvalue weighted by Crippen LogP contribution is -2.27. The van der Waals surface area contributed by atoms with Crippen molar-refractivity contribution < 1.29 is 19.1 Å². The third-order valence-corrected chi connectivity index (χ3v) is 4.30. The fourth-order valence-electron chi connectivity index (χ4n) is 2.96. The summed E-state index contributed by atoms with van der Waals surface area (Å²) in [4.78, 5) is 22.4. The molecule has 0 spiro atoms. The second-order valence-corrected chi connectivity index (χ2v) is 6.00. The Morgan fingerprint density at radius 1 is 1.30 bits per heavy atom. The van der Waals surface area contributed by atoms with Crippen LogP contribution in [0.2, 0.25) is 0 Å². The number of benzene rings is 1. The van der Waals surface area contributed by atoms with Crippen molar-refractivity contribution in [1.29, 1.82) is 0 Å². The first kappa shape index (κ1) is 17.1. The van der Waals surface area contributed by atoms with Crippen LogP contribution in [0, 0.1) is 20.8 Å². The molecule has 1 N–H and O–H groups in total. The van der Waals surface area contributed by atoms with Crippen LogP contribution in [0.3, 0.4) is 0 Å². The molecule has 5 heteroatoms. The summed E-state index contributed by atoms with van der Waals surface area (Å²) in [5.41, 5.74) is 4.29. The maximum atomic E-state index is 11.5. The molecule has 1 amide bonds. The van der Waals surface area contributed by atoms with Crippen LogP contribution in [0.15, 0.2) is 12.2 Å². The summed E-state index contributed by atoms with van der Waals surface area (Å²) in [6.45, 7) is 9.96. The Bertz CT molecular complexity index is 678. The van der Waals surface area contributed by atoms with E-state index in [9.17, 15) is 9.59 Å². The number of anilines is 1. The lowest BCUT2D eigenvalue weighted by atomic mass is 9.91. The maximum absolute atomic E-state index is 11.5. The molecule has 5 nitrogen and oxygen atoms in total. The number of carbonyl (C=O) groups is 2. The topological polar surface area (TPSA) is 64.6 Å². The van der Waals surface area contributed by atoms with Crippen molar-refractivity contribution in [1.82, 2.24) is 0 Å². The van der Waals surface area contributed by atoms with Gasteiger partial charge in [-0.05, 0) is 57.4 Å². The third kappa shape index (κ3) is 3.23. The van der Waals surface area contributed by atoms with Gasteiger partial charge in [0.15, 0.2) is 0 Å². The van der Waals surface area contributed by atoms with Gasteiger partial charge >= 0.3 is 5.97 Å². The van der Waals surface area contributed by atoms with E-state index in [1.165, 1.54) is 6.08 Å². The Morgan fingerprint density at radius 2 is 2.00 bits per heavy atom. The molecule has 1 unspecified atom stereocenters. The van der Waals surface area contributed by atoms with Crippen LogP contribution in [0.1, 0.15) is 36.1 Å². The second-order valence-electron chi connectivity index (χ2n) is 6.00. The largest absolute Gasteiger partial charge is 0.483 e. The minimum atomic E-state index is -0.600. The molecule has 1 heterocycles. The first-order chi connectivity index (χ1) is 10.8. The van der Waals surface area contributed by atoms with Crippen LogP contribution in [-0.4, -0.2) is 24.6 Å². The molecule has 0 bridgehead atoms. The molecule has 2 rings (SSSR count). The number of hydrogen-bond acceptors (Lipinski definition) is 4. The van der Waals surface area contributed by atoms with Gasteiger partial charge in [0, 0.05) is 23.7 Å². The Hall–Kier alpha value is -2.30. The highest BCUT2D eigenvalue weighted by Crippen LogP contribution is 2.44. The van der Waals surface area contributed by atoms with Gasteiger partial charge in [-0.3, -0.25) is 4.79 Å². The summed E-state index contributed by atoms with van der Waals surface area (Å²) in [6.07, 6.45) is 4.49. The fourth-order valence-corrected chi connectivity index (χ4v) is 2.96. The van der Waals surface area contributed by atoms with Crippen molar-refractivity contribution in [2.75, 3.05) is 11.9 Å². The maximum Gasteiger partial charge on any atom is 0.330 e. The zero-order valence-electron chi connectivity index (χ0n) is 14.3. The Kier molecular flexibility index (Phi) is 4.78. The predicted octanol–water partition coefficient (Wildman–Crippen LogP) is 2.99. The number of rotatable bonds is 5. The molecule has 0 saturated heterocycles. The number of ether oxygens (including phenoxy) is 2. The number of esters is 1. The molecule has 0 saturated carbocycles. The summed E-state index contributed by atoms with van der Waals surface area (Å²) in [5, 5.41) is 2.78. The van der Waals surface area contributed by atoms with Gasteiger partial charge in [-0.25, -0.2) is 4.79 Å². The molecular weight excluding hydrogens is 294 g/mol. The van der Waals surface area contributed by atoms with E-state index in [1.54, 1.807) is 13.0 Å². The standard InChI is InChI=1S/C18H23NO4/c1-6-22-15(21)7-8-18(5)9-14-13(4)16(19-10-20)11(2)12(3)17(14)23-18/h7-8,10H,6,9H2,1-5H3,(H,19,20). The van der Waals surface area contributed by atoms with Crippen LogP contribution in [-0.2, 0) is 20.7 Å². The van der Waals surface area contributed by atoms with E-state index in [2.05, 4.69) is 5.32 Å². The van der Waals surface area contributed by atoms with Crippen LogP contribution >= 0.6 is 0 Å². The summed E-state index contributed by atoms with van der Waals surface area (Å²) in [5.74, 6) is 0.466. The first-order valence-corrected chi connectivity index (χ1v) is 7.70. The highest BCUT2D eigenvalue weighted by molar-refractivity contribution is 5.82. The summed E-state index contributed by atoms with van der Waals surface area (Å²) >= 11 is 0. The van der Waals surface area contributed by atoms with Crippen molar-refractivity contribution in [3.8, 4) is 5.75 Å². The number of fused-ring (bicyclic) bond motifs is 1. The molecular formula is C18H23NO4. The molecule has 0 radical (unpaired) electrons. The van der Waals surface area contributed by atoms with Crippen molar-refractivity contribution in [3.05, 3.63) is 34.4 Å². The SMILES string of the molecule is CCOC(=O)C=CC1(C)Cc2c(C)c(NC=O)c(C)c(C)c2O1. The van der Waals surface area contributed by atoms with Crippen molar-refractivity contribution in [2.24, 2.45) is 0 Å². The van der Waals surface area contributed by atoms with Gasteiger partial charge in [0.1, 0.15) is 11.4 Å². The van der Waals surface area contributed by atoms with Gasteiger partial charge in [0.2, 0.25) is 6.41 Å². The summed E-state index contributed by atoms with van der Waals surface area (Å²) in [6, 6.07) is 0. The Balaban J connectivity index is 2.37. The smallest absolute Gasteiger partial charge is 0.330 e. The van der Waals surface area contributed by atoms with Crippen LogP contribution in [0.4, 0.5) is 5.69 Å². The van der Waals surface area contributed by atoms with Crippen molar-refractivity contribution in [3.63, 3.8) is 0 Å². The lowest BCUT2D eigenvalue weighted by molar-refractivity contribution is -0.137. The highest BCUT2D eigenvalue weighted by Gasteiger charge is 2.36. The molecule has 124 valence electrons. The van der Waals surface area contributed by atoms with Gasteiger partial charge in [0.05, 0.1) is 6.61 Å². The van der Waals surface area contributed by atoms with Gasteiger partial charge in [0.25, 0.3) is 0 Å². The van der Waals surface area contributed by atoms with Crippen molar-refractivity contribution in [2.45, 2.75) is 46.6 Å². The van der Waals surface area contributed by atoms with E-state index in [0.717, 1.165) is 33.7 Å². The first-order valence-electron chi connectivity index (χ1n) is 7.70. The highest BCUT2D eigenvalue weighted by atomic mass is 16.5. The molecule has 1 aliphatic heterocycles. The quantitative estimate of drug-likeness (QED) is 0.515. The molecule has 1 atom stereocenters. The van der Waals surface area contributed by atoms with Crippen LogP contribution in [0.25, 0.3) is 0 Å². The number of nitrogens with one attached hydrogen (secondary N) is 1. The number of amides is 1. The average molecular weight is 317 g/mol. The second kappa shape index (κ2) is 6.44. The van der Waals surface area contributed by atoms with Crippen LogP contribution in [0.5, 0.6) is 5.75 Å². The zero-order valence-corrected chi connectivity index (χ0v) is 14.3. The van der Waals surface area contributed by atoms with Gasteiger partial charge in [-0.15, -0.1) is 0 Å². The molecule has 0 aromatic heterocycles. The Morgan fingerprint density at radius 3 is 2.61 bits per heavy atom. The van der Waals surface area contributed by atoms with Crippen molar-refractivity contribution >= 4 is 18.1 Å². The molecule has 1 aromatic rings. The van der Waals surface area contributed by atoms with E-state index in [1.807, 2.05) is 27.7 Å². The number of hydrogen-bond donors (Lipinski definition) is 1. The normalized spacial score (nSPS) is 19.3. The third-order valence-electron chi connectivity index (χ3n) is 4.30. The molecule has 0 fully saturated rings. The molecule has 1 aromatic carbocycles. The van der Waals surface area contributed by atoms with Gasteiger partial charge in [-0.1, -0.05) is 0 Å². The van der Waals surface area contributed by atoms with E-state index in [-0.39, 0.29) is 5.97 Å². The van der Waals surface area contributed by atoms with Gasteiger partial charge in [-0.2, -0.15) is 0 Å². The van der Waals surface area contributed by atoms with Crippen LogP contribution < -0.4 is 10.1 Å². The summed E-state index contributed by atoms with van der Waals surface area (Å²) < 4.78 is 11.0. The predicted molar refractivity (Wildman–Crippen MR) is 88.8 cm³/mol. The fraction of sp³-hybridized carbons (Fsp3) is 0.444. The monoisotopic (exact) mass is 317 g/mol. The van der Waals surface area contributed by atoms with E-state index in [4.69, 9.17) is 9.47 Å². The minimum absolute atomic E-state index is 0.346. The van der Waals surface area contributed by atoms with E-state index < -0.39 is 5.60 Å². The lowest BCUT2D eigenvalue weighted by Gasteiger charge is -2.20. The van der Waals surface area contributed by atoms with E-state index in [0.29, 0.717) is 19.4 Å². The molecule has 1 aliphatic rings. The Labute approximate surface area is 136 Å². The number of carbonyl (C=O) groups excluding carboxylic acids is 2. The zero-order chi connectivity index (χ0) is 17.2. The minimum Gasteiger partial charge on any atom is -0.483 e. The molecule has 23 heavy (non-hydrogen) atoms. The van der Waals surface area contributed by atoms with E-state index >= 15 is 0 Å². The summed E-state index contributed by atoms with van der Waals surface area (Å²) in [7, 11) is 0. The molecule has 0 aliphatic carbocycles. The average Bonchev–Trinajstić information content (AvgIpc) is 2.87.